The molecule has 0 aromatic heterocycles. The van der Waals surface area contributed by atoms with Crippen molar-refractivity contribution in [3.8, 4) is 5.75 Å². The van der Waals surface area contributed by atoms with Crippen LogP contribution in [0.2, 0.25) is 0 Å². The van der Waals surface area contributed by atoms with Gasteiger partial charge in [0, 0.05) is 45.3 Å². The van der Waals surface area contributed by atoms with Gasteiger partial charge in [-0.1, -0.05) is 18.2 Å². The van der Waals surface area contributed by atoms with E-state index in [4.69, 9.17) is 4.74 Å². The Hall–Kier alpha value is -1.63. The lowest BCUT2D eigenvalue weighted by Crippen LogP contribution is -2.44. The lowest BCUT2D eigenvalue weighted by molar-refractivity contribution is -0.133. The van der Waals surface area contributed by atoms with Crippen LogP contribution in [0.15, 0.2) is 24.3 Å². The van der Waals surface area contributed by atoms with Gasteiger partial charge in [0.25, 0.3) is 0 Å². The minimum absolute atomic E-state index is 0.0243. The van der Waals surface area contributed by atoms with Gasteiger partial charge in [-0.3, -0.25) is 20.5 Å². The van der Waals surface area contributed by atoms with E-state index in [9.17, 15) is 4.79 Å². The first-order valence-corrected chi connectivity index (χ1v) is 8.64. The summed E-state index contributed by atoms with van der Waals surface area (Å²) < 4.78 is 5.46. The smallest absolute Gasteiger partial charge is 0.228 e. The predicted molar refractivity (Wildman–Crippen MR) is 93.5 cm³/mol. The van der Waals surface area contributed by atoms with Crippen molar-refractivity contribution in [3.63, 3.8) is 0 Å². The Morgan fingerprint density at radius 1 is 1.38 bits per heavy atom. The second-order valence-corrected chi connectivity index (χ2v) is 6.99. The first-order valence-electron chi connectivity index (χ1n) is 8.64. The fraction of sp³-hybridized carbons (Fsp3) is 0.611. The summed E-state index contributed by atoms with van der Waals surface area (Å²) in [5.41, 5.74) is 7.75. The highest BCUT2D eigenvalue weighted by atomic mass is 16.5. The van der Waals surface area contributed by atoms with Crippen molar-refractivity contribution in [2.75, 3.05) is 40.8 Å². The number of amides is 1. The van der Waals surface area contributed by atoms with E-state index in [1.807, 2.05) is 26.2 Å². The van der Waals surface area contributed by atoms with Gasteiger partial charge in [0.2, 0.25) is 5.91 Å². The van der Waals surface area contributed by atoms with Crippen LogP contribution in [-0.4, -0.2) is 62.6 Å². The summed E-state index contributed by atoms with van der Waals surface area (Å²) in [6, 6.07) is 8.40. The monoisotopic (exact) mass is 332 g/mol. The molecule has 0 saturated carbocycles. The minimum Gasteiger partial charge on any atom is -0.496 e. The van der Waals surface area contributed by atoms with Gasteiger partial charge in [-0.15, -0.1) is 0 Å². The van der Waals surface area contributed by atoms with Crippen molar-refractivity contribution in [2.45, 2.75) is 19.0 Å². The highest BCUT2D eigenvalue weighted by Gasteiger charge is 2.41. The molecular formula is C18H28N4O2. The maximum Gasteiger partial charge on any atom is 0.228 e. The first kappa shape index (κ1) is 17.2. The third-order valence-corrected chi connectivity index (χ3v) is 5.19. The van der Waals surface area contributed by atoms with Gasteiger partial charge in [-0.25, -0.2) is 0 Å². The second kappa shape index (κ2) is 7.51. The molecule has 0 bridgehead atoms. The molecule has 2 aliphatic heterocycles. The maximum absolute atomic E-state index is 12.4. The van der Waals surface area contributed by atoms with Crippen LogP contribution in [0.1, 0.15) is 12.0 Å². The molecular weight excluding hydrogens is 304 g/mol. The molecule has 2 fully saturated rings. The molecule has 1 aromatic rings. The molecule has 24 heavy (non-hydrogen) atoms. The largest absolute Gasteiger partial charge is 0.496 e. The van der Waals surface area contributed by atoms with Crippen LogP contribution in [0.4, 0.5) is 0 Å². The molecule has 1 aromatic carbocycles. The second-order valence-electron chi connectivity index (χ2n) is 6.99. The van der Waals surface area contributed by atoms with Crippen LogP contribution in [0.25, 0.3) is 0 Å². The fourth-order valence-electron chi connectivity index (χ4n) is 3.91. The molecule has 2 N–H and O–H groups in total. The Morgan fingerprint density at radius 3 is 2.92 bits per heavy atom. The number of hydrazine groups is 1. The molecule has 3 atom stereocenters. The van der Waals surface area contributed by atoms with E-state index in [0.717, 1.165) is 31.8 Å². The number of para-hydroxylation sites is 1. The molecule has 2 heterocycles. The average molecular weight is 332 g/mol. The quantitative estimate of drug-likeness (QED) is 0.831. The molecule has 0 radical (unpaired) electrons. The Labute approximate surface area is 144 Å². The third kappa shape index (κ3) is 3.55. The molecule has 0 spiro atoms. The van der Waals surface area contributed by atoms with Crippen molar-refractivity contribution < 1.29 is 9.53 Å². The van der Waals surface area contributed by atoms with Gasteiger partial charge in [0.15, 0.2) is 0 Å². The van der Waals surface area contributed by atoms with Crippen molar-refractivity contribution in [2.24, 2.45) is 11.8 Å². The molecule has 3 unspecified atom stereocenters. The van der Waals surface area contributed by atoms with E-state index in [0.29, 0.717) is 12.5 Å². The first-order chi connectivity index (χ1) is 11.6. The Morgan fingerprint density at radius 2 is 2.17 bits per heavy atom. The number of carbonyl (C=O) groups excluding carboxylic acids is 1. The van der Waals surface area contributed by atoms with Crippen LogP contribution in [-0.2, 0) is 11.3 Å². The number of rotatable bonds is 5. The Bertz CT molecular complexity index is 578. The van der Waals surface area contributed by atoms with Gasteiger partial charge < -0.3 is 9.64 Å². The summed E-state index contributed by atoms with van der Waals surface area (Å²) in [5.74, 6) is 1.67. The number of carbonyl (C=O) groups is 1. The zero-order valence-corrected chi connectivity index (χ0v) is 14.8. The molecule has 3 rings (SSSR count). The molecule has 2 aliphatic rings. The lowest BCUT2D eigenvalue weighted by Gasteiger charge is -2.26. The average Bonchev–Trinajstić information content (AvgIpc) is 3.23. The predicted octanol–water partition coefficient (Wildman–Crippen LogP) is 0.698. The summed E-state index contributed by atoms with van der Waals surface area (Å²) >= 11 is 0. The van der Waals surface area contributed by atoms with Crippen molar-refractivity contribution in [1.29, 1.82) is 0 Å². The SMILES string of the molecule is COc1ccccc1CN1CCC(C2NNCC2C(=O)N(C)C)C1. The lowest BCUT2D eigenvalue weighted by atomic mass is 9.88. The maximum atomic E-state index is 12.4. The third-order valence-electron chi connectivity index (χ3n) is 5.19. The van der Waals surface area contributed by atoms with E-state index >= 15 is 0 Å². The fourth-order valence-corrected chi connectivity index (χ4v) is 3.91. The Kier molecular flexibility index (Phi) is 5.38. The molecule has 6 nitrogen and oxygen atoms in total. The minimum atomic E-state index is 0.0243. The number of hydrogen-bond donors (Lipinski definition) is 2. The molecule has 132 valence electrons. The Balaban J connectivity index is 1.62. The van der Waals surface area contributed by atoms with Crippen LogP contribution >= 0.6 is 0 Å². The highest BCUT2D eigenvalue weighted by Crippen LogP contribution is 2.29. The summed E-state index contributed by atoms with van der Waals surface area (Å²) in [6.07, 6.45) is 1.12. The van der Waals surface area contributed by atoms with Crippen molar-refractivity contribution in [1.82, 2.24) is 20.7 Å². The van der Waals surface area contributed by atoms with Crippen LogP contribution in [0, 0.1) is 11.8 Å². The number of benzene rings is 1. The summed E-state index contributed by atoms with van der Waals surface area (Å²) in [4.78, 5) is 16.5. The summed E-state index contributed by atoms with van der Waals surface area (Å²) in [5, 5.41) is 0. The molecule has 6 heteroatoms. The van der Waals surface area contributed by atoms with Crippen molar-refractivity contribution >= 4 is 5.91 Å². The van der Waals surface area contributed by atoms with Crippen molar-refractivity contribution in [3.05, 3.63) is 29.8 Å². The van der Waals surface area contributed by atoms with Gasteiger partial charge in [0.1, 0.15) is 5.75 Å². The number of nitrogens with one attached hydrogen (secondary N) is 2. The van der Waals surface area contributed by atoms with Gasteiger partial charge in [-0.2, -0.15) is 0 Å². The topological polar surface area (TPSA) is 56.8 Å². The standard InChI is InChI=1S/C18H28N4O2/c1-21(2)18(23)15-10-19-20-17(15)14-8-9-22(12-14)11-13-6-4-5-7-16(13)24-3/h4-7,14-15,17,19-20H,8-12H2,1-3H3. The number of nitrogens with zero attached hydrogens (tertiary/aromatic N) is 2. The number of ether oxygens (including phenoxy) is 1. The molecule has 1 amide bonds. The van der Waals surface area contributed by atoms with E-state index in [2.05, 4.69) is 27.9 Å². The summed E-state index contributed by atoms with van der Waals surface area (Å²) in [7, 11) is 5.39. The molecule has 0 aliphatic carbocycles. The number of methoxy groups -OCH3 is 1. The molecule has 2 saturated heterocycles. The van der Waals surface area contributed by atoms with Crippen LogP contribution in [0.5, 0.6) is 5.75 Å². The highest BCUT2D eigenvalue weighted by molar-refractivity contribution is 5.79. The van der Waals surface area contributed by atoms with Gasteiger partial charge >= 0.3 is 0 Å². The van der Waals surface area contributed by atoms with Gasteiger partial charge in [0.05, 0.1) is 13.0 Å². The van der Waals surface area contributed by atoms with E-state index < -0.39 is 0 Å². The van der Waals surface area contributed by atoms with E-state index in [1.54, 1.807) is 12.0 Å². The van der Waals surface area contributed by atoms with E-state index in [1.165, 1.54) is 5.56 Å². The van der Waals surface area contributed by atoms with E-state index in [-0.39, 0.29) is 17.9 Å². The van der Waals surface area contributed by atoms with Crippen LogP contribution in [0.3, 0.4) is 0 Å². The zero-order chi connectivity index (χ0) is 17.1. The normalized spacial score (nSPS) is 27.4. The van der Waals surface area contributed by atoms with Gasteiger partial charge in [-0.05, 0) is 24.9 Å². The number of hydrogen-bond acceptors (Lipinski definition) is 5. The zero-order valence-electron chi connectivity index (χ0n) is 14.8. The number of likely N-dealkylation sites (tertiary alicyclic amines) is 1. The van der Waals surface area contributed by atoms with Crippen LogP contribution < -0.4 is 15.6 Å². The summed E-state index contributed by atoms with van der Waals surface area (Å²) in [6.45, 7) is 3.68.